The van der Waals surface area contributed by atoms with Crippen LogP contribution in [0.4, 0.5) is 14.7 Å². The molecule has 1 heterocycles. The molecule has 0 bridgehead atoms. The molecule has 0 unspecified atom stereocenters. The predicted molar refractivity (Wildman–Crippen MR) is 69.7 cm³/mol. The van der Waals surface area contributed by atoms with Gasteiger partial charge in [0, 0.05) is 30.3 Å². The molecule has 0 aliphatic carbocycles. The molecule has 94 valence electrons. The van der Waals surface area contributed by atoms with Crippen molar-refractivity contribution in [2.75, 3.05) is 17.6 Å². The predicted octanol–water partition coefficient (Wildman–Crippen LogP) is 2.76. The minimum atomic E-state index is -0.884. The number of thiol groups is 1. The van der Waals surface area contributed by atoms with Gasteiger partial charge in [0.05, 0.1) is 0 Å². The van der Waals surface area contributed by atoms with Crippen LogP contribution in [-0.4, -0.2) is 22.3 Å². The third-order valence-corrected chi connectivity index (χ3v) is 2.52. The van der Waals surface area contributed by atoms with Crippen molar-refractivity contribution in [3.63, 3.8) is 0 Å². The van der Waals surface area contributed by atoms with Gasteiger partial charge in [0.25, 0.3) is 0 Å². The number of benzene rings is 1. The van der Waals surface area contributed by atoms with E-state index in [-0.39, 0.29) is 0 Å². The van der Waals surface area contributed by atoms with Gasteiger partial charge in [0.2, 0.25) is 5.95 Å². The van der Waals surface area contributed by atoms with E-state index in [9.17, 15) is 8.78 Å². The monoisotopic (exact) mass is 267 g/mol. The van der Waals surface area contributed by atoms with Crippen molar-refractivity contribution in [3.8, 4) is 11.1 Å². The van der Waals surface area contributed by atoms with Crippen molar-refractivity contribution in [3.05, 3.63) is 42.2 Å². The van der Waals surface area contributed by atoms with Crippen molar-refractivity contribution in [2.45, 2.75) is 0 Å². The Morgan fingerprint density at radius 3 is 2.39 bits per heavy atom. The Hall–Kier alpha value is -1.69. The summed E-state index contributed by atoms with van der Waals surface area (Å²) in [6, 6.07) is 3.69. The van der Waals surface area contributed by atoms with Gasteiger partial charge in [-0.1, -0.05) is 6.07 Å². The summed E-state index contributed by atoms with van der Waals surface area (Å²) in [7, 11) is 0. The largest absolute Gasteiger partial charge is 0.353 e. The average Bonchev–Trinajstić information content (AvgIpc) is 2.40. The molecule has 0 aliphatic heterocycles. The number of rotatable bonds is 4. The van der Waals surface area contributed by atoms with Gasteiger partial charge in [-0.3, -0.25) is 0 Å². The first-order chi connectivity index (χ1) is 8.70. The smallest absolute Gasteiger partial charge is 0.222 e. The molecule has 0 spiro atoms. The summed E-state index contributed by atoms with van der Waals surface area (Å²) in [4.78, 5) is 8.14. The standard InChI is InChI=1S/C12H11F2N3S/c13-10-2-1-8(5-11(10)14)9-6-16-12(17-7-9)15-3-4-18/h1-2,5-7,18H,3-4H2,(H,15,16,17). The molecule has 0 radical (unpaired) electrons. The van der Waals surface area contributed by atoms with Crippen LogP contribution in [0.25, 0.3) is 11.1 Å². The summed E-state index contributed by atoms with van der Waals surface area (Å²) < 4.78 is 25.9. The topological polar surface area (TPSA) is 37.8 Å². The zero-order valence-electron chi connectivity index (χ0n) is 9.40. The lowest BCUT2D eigenvalue weighted by Gasteiger charge is -2.04. The van der Waals surface area contributed by atoms with Gasteiger partial charge in [-0.25, -0.2) is 18.7 Å². The van der Waals surface area contributed by atoms with E-state index in [1.54, 1.807) is 12.4 Å². The molecular weight excluding hydrogens is 256 g/mol. The fourth-order valence-corrected chi connectivity index (χ4v) is 1.52. The van der Waals surface area contributed by atoms with Crippen molar-refractivity contribution in [2.24, 2.45) is 0 Å². The molecule has 3 nitrogen and oxygen atoms in total. The lowest BCUT2D eigenvalue weighted by molar-refractivity contribution is 0.509. The van der Waals surface area contributed by atoms with Crippen molar-refractivity contribution in [1.82, 2.24) is 9.97 Å². The molecule has 0 fully saturated rings. The molecule has 2 rings (SSSR count). The Morgan fingerprint density at radius 1 is 1.06 bits per heavy atom. The molecule has 6 heteroatoms. The van der Waals surface area contributed by atoms with Crippen molar-refractivity contribution in [1.29, 1.82) is 0 Å². The lowest BCUT2D eigenvalue weighted by atomic mass is 10.1. The van der Waals surface area contributed by atoms with E-state index in [1.165, 1.54) is 6.07 Å². The van der Waals surface area contributed by atoms with Crippen LogP contribution in [0.2, 0.25) is 0 Å². The van der Waals surface area contributed by atoms with Gasteiger partial charge in [0.1, 0.15) is 0 Å². The fourth-order valence-electron chi connectivity index (χ4n) is 1.41. The van der Waals surface area contributed by atoms with Gasteiger partial charge >= 0.3 is 0 Å². The van der Waals surface area contributed by atoms with Gasteiger partial charge < -0.3 is 5.32 Å². The van der Waals surface area contributed by atoms with Crippen LogP contribution in [0.15, 0.2) is 30.6 Å². The average molecular weight is 267 g/mol. The first-order valence-corrected chi connectivity index (χ1v) is 5.96. The Morgan fingerprint density at radius 2 is 1.78 bits per heavy atom. The lowest BCUT2D eigenvalue weighted by Crippen LogP contribution is -2.05. The second-order valence-corrected chi connectivity index (χ2v) is 4.02. The highest BCUT2D eigenvalue weighted by atomic mass is 32.1. The SMILES string of the molecule is Fc1ccc(-c2cnc(NCCS)nc2)cc1F. The second-order valence-electron chi connectivity index (χ2n) is 3.57. The first-order valence-electron chi connectivity index (χ1n) is 5.33. The summed E-state index contributed by atoms with van der Waals surface area (Å²) in [5, 5.41) is 2.96. The van der Waals surface area contributed by atoms with E-state index in [0.29, 0.717) is 29.4 Å². The molecule has 0 aliphatic rings. The van der Waals surface area contributed by atoms with E-state index >= 15 is 0 Å². The zero-order valence-corrected chi connectivity index (χ0v) is 10.3. The second kappa shape index (κ2) is 5.77. The maximum atomic E-state index is 13.1. The van der Waals surface area contributed by atoms with Crippen LogP contribution in [-0.2, 0) is 0 Å². The zero-order chi connectivity index (χ0) is 13.0. The van der Waals surface area contributed by atoms with Crippen LogP contribution in [0.1, 0.15) is 0 Å². The maximum Gasteiger partial charge on any atom is 0.222 e. The first kappa shape index (κ1) is 12.8. The molecular formula is C12H11F2N3S. The number of aromatic nitrogens is 2. The third kappa shape index (κ3) is 2.95. The molecule has 1 aromatic carbocycles. The van der Waals surface area contributed by atoms with Gasteiger partial charge in [-0.05, 0) is 17.7 Å². The minimum absolute atomic E-state index is 0.482. The van der Waals surface area contributed by atoms with Crippen LogP contribution in [0.5, 0.6) is 0 Å². The molecule has 0 amide bonds. The molecule has 0 saturated carbocycles. The van der Waals surface area contributed by atoms with Crippen LogP contribution in [0.3, 0.4) is 0 Å². The Labute approximate surface area is 109 Å². The number of nitrogens with zero attached hydrogens (tertiary/aromatic N) is 2. The maximum absolute atomic E-state index is 13.1. The molecule has 1 aromatic heterocycles. The van der Waals surface area contributed by atoms with Gasteiger partial charge in [-0.15, -0.1) is 0 Å². The molecule has 1 N–H and O–H groups in total. The van der Waals surface area contributed by atoms with E-state index < -0.39 is 11.6 Å². The molecule has 0 saturated heterocycles. The molecule has 0 atom stereocenters. The third-order valence-electron chi connectivity index (χ3n) is 2.30. The highest BCUT2D eigenvalue weighted by molar-refractivity contribution is 7.80. The van der Waals surface area contributed by atoms with Gasteiger partial charge in [0.15, 0.2) is 11.6 Å². The van der Waals surface area contributed by atoms with Crippen LogP contribution in [0, 0.1) is 11.6 Å². The Kier molecular flexibility index (Phi) is 4.09. The fraction of sp³-hybridized carbons (Fsp3) is 0.167. The summed E-state index contributed by atoms with van der Waals surface area (Å²) in [5.41, 5.74) is 1.17. The number of halogens is 2. The Bertz CT molecular complexity index is 531. The summed E-state index contributed by atoms with van der Waals surface area (Å²) >= 11 is 4.05. The highest BCUT2D eigenvalue weighted by Crippen LogP contribution is 2.20. The number of nitrogens with one attached hydrogen (secondary N) is 1. The minimum Gasteiger partial charge on any atom is -0.353 e. The number of hydrogen-bond donors (Lipinski definition) is 2. The molecule has 2 aromatic rings. The van der Waals surface area contributed by atoms with E-state index in [1.807, 2.05) is 0 Å². The molecule has 18 heavy (non-hydrogen) atoms. The van der Waals surface area contributed by atoms with Crippen LogP contribution >= 0.6 is 12.6 Å². The van der Waals surface area contributed by atoms with Crippen molar-refractivity contribution < 1.29 is 8.78 Å². The summed E-state index contributed by atoms with van der Waals surface area (Å²) in [5.74, 6) is -0.597. The number of anilines is 1. The van der Waals surface area contributed by atoms with Gasteiger partial charge in [-0.2, -0.15) is 12.6 Å². The summed E-state index contributed by atoms with van der Waals surface area (Å²) in [6.45, 7) is 0.660. The summed E-state index contributed by atoms with van der Waals surface area (Å²) in [6.07, 6.45) is 3.11. The van der Waals surface area contributed by atoms with E-state index in [4.69, 9.17) is 0 Å². The normalized spacial score (nSPS) is 10.4. The van der Waals surface area contributed by atoms with E-state index in [0.717, 1.165) is 12.1 Å². The quantitative estimate of drug-likeness (QED) is 0.836. The number of hydrogen-bond acceptors (Lipinski definition) is 4. The highest BCUT2D eigenvalue weighted by Gasteiger charge is 2.05. The van der Waals surface area contributed by atoms with Crippen molar-refractivity contribution >= 4 is 18.6 Å². The van der Waals surface area contributed by atoms with E-state index in [2.05, 4.69) is 27.9 Å². The van der Waals surface area contributed by atoms with Crippen LogP contribution < -0.4 is 5.32 Å². The Balaban J connectivity index is 2.20.